The number of benzene rings is 2. The first kappa shape index (κ1) is 13.0. The molecule has 2 rings (SSSR count). The lowest BCUT2D eigenvalue weighted by Gasteiger charge is -2.12. The van der Waals surface area contributed by atoms with Crippen LogP contribution in [0, 0.1) is 6.92 Å². The summed E-state index contributed by atoms with van der Waals surface area (Å²) in [4.78, 5) is 11.3. The Balaban J connectivity index is 2.19. The molecule has 4 heteroatoms. The van der Waals surface area contributed by atoms with Gasteiger partial charge in [-0.25, -0.2) is 0 Å². The number of carbonyl (C=O) groups excluding carboxylic acids is 1. The third-order valence-electron chi connectivity index (χ3n) is 2.81. The van der Waals surface area contributed by atoms with Crippen LogP contribution in [-0.2, 0) is 6.61 Å². The van der Waals surface area contributed by atoms with Gasteiger partial charge in [-0.2, -0.15) is 0 Å². The first-order valence-corrected chi connectivity index (χ1v) is 5.94. The number of amides is 1. The summed E-state index contributed by atoms with van der Waals surface area (Å²) in [6, 6.07) is 12.9. The number of aryl methyl sites for hydroxylation is 1. The van der Waals surface area contributed by atoms with Gasteiger partial charge in [0.05, 0.1) is 11.3 Å². The molecule has 0 heterocycles. The van der Waals surface area contributed by atoms with Crippen LogP contribution in [0.2, 0.25) is 0 Å². The molecule has 0 bridgehead atoms. The van der Waals surface area contributed by atoms with Gasteiger partial charge in [0.25, 0.3) is 5.91 Å². The van der Waals surface area contributed by atoms with E-state index in [0.717, 1.165) is 5.56 Å². The summed E-state index contributed by atoms with van der Waals surface area (Å²) >= 11 is 0. The number of hydrogen-bond acceptors (Lipinski definition) is 3. The maximum absolute atomic E-state index is 11.3. The van der Waals surface area contributed by atoms with Gasteiger partial charge in [0.2, 0.25) is 0 Å². The second-order valence-corrected chi connectivity index (χ2v) is 4.36. The molecule has 0 unspecified atom stereocenters. The molecule has 0 saturated heterocycles. The molecule has 98 valence electrons. The predicted molar refractivity (Wildman–Crippen MR) is 74.9 cm³/mol. The van der Waals surface area contributed by atoms with Crippen molar-refractivity contribution in [2.24, 2.45) is 5.73 Å². The summed E-state index contributed by atoms with van der Waals surface area (Å²) in [5.74, 6) is -0.207. The monoisotopic (exact) mass is 256 g/mol. The number of hydrogen-bond donors (Lipinski definition) is 2. The Labute approximate surface area is 112 Å². The molecule has 2 aromatic carbocycles. The zero-order chi connectivity index (χ0) is 13.8. The van der Waals surface area contributed by atoms with Crippen molar-refractivity contribution in [2.45, 2.75) is 13.5 Å². The predicted octanol–water partition coefficient (Wildman–Crippen LogP) is 2.26. The van der Waals surface area contributed by atoms with Gasteiger partial charge in [0.15, 0.2) is 5.75 Å². The first-order valence-electron chi connectivity index (χ1n) is 5.94. The fourth-order valence-electron chi connectivity index (χ4n) is 1.75. The zero-order valence-electron chi connectivity index (χ0n) is 10.7. The van der Waals surface area contributed by atoms with Crippen molar-refractivity contribution in [2.75, 3.05) is 5.73 Å². The van der Waals surface area contributed by atoms with Gasteiger partial charge in [-0.05, 0) is 24.6 Å². The maximum Gasteiger partial charge on any atom is 0.252 e. The van der Waals surface area contributed by atoms with Crippen LogP contribution in [0.25, 0.3) is 0 Å². The quantitative estimate of drug-likeness (QED) is 0.823. The van der Waals surface area contributed by atoms with Crippen molar-refractivity contribution in [3.05, 3.63) is 59.2 Å². The van der Waals surface area contributed by atoms with Gasteiger partial charge in [-0.1, -0.05) is 35.9 Å². The molecule has 0 atom stereocenters. The van der Waals surface area contributed by atoms with Crippen molar-refractivity contribution >= 4 is 11.6 Å². The smallest absolute Gasteiger partial charge is 0.252 e. The highest BCUT2D eigenvalue weighted by Gasteiger charge is 2.12. The maximum atomic E-state index is 11.3. The molecule has 4 N–H and O–H groups in total. The molecule has 0 aliphatic rings. The fraction of sp³-hybridized carbons (Fsp3) is 0.133. The number of rotatable bonds is 4. The van der Waals surface area contributed by atoms with Crippen molar-refractivity contribution in [1.82, 2.24) is 0 Å². The number of para-hydroxylation sites is 1. The van der Waals surface area contributed by atoms with Crippen LogP contribution < -0.4 is 16.2 Å². The highest BCUT2D eigenvalue weighted by molar-refractivity contribution is 5.97. The van der Waals surface area contributed by atoms with Gasteiger partial charge in [-0.15, -0.1) is 0 Å². The number of nitrogens with two attached hydrogens (primary N) is 2. The summed E-state index contributed by atoms with van der Waals surface area (Å²) in [7, 11) is 0. The molecule has 2 aromatic rings. The molecule has 4 nitrogen and oxygen atoms in total. The Kier molecular flexibility index (Phi) is 3.71. The number of primary amides is 1. The van der Waals surface area contributed by atoms with E-state index in [-0.39, 0.29) is 0 Å². The van der Waals surface area contributed by atoms with Crippen LogP contribution in [-0.4, -0.2) is 5.91 Å². The highest BCUT2D eigenvalue weighted by Crippen LogP contribution is 2.26. The van der Waals surface area contributed by atoms with Crippen LogP contribution in [0.4, 0.5) is 5.69 Å². The number of carbonyl (C=O) groups is 1. The molecule has 0 radical (unpaired) electrons. The normalized spacial score (nSPS) is 10.2. The molecule has 0 saturated carbocycles. The average Bonchev–Trinajstić information content (AvgIpc) is 2.39. The average molecular weight is 256 g/mol. The number of ether oxygens (including phenoxy) is 1. The Bertz CT molecular complexity index is 592. The lowest BCUT2D eigenvalue weighted by molar-refractivity contribution is 0.0996. The standard InChI is InChI=1S/C15H16N2O2/c1-10-5-7-11(8-6-10)9-19-14-12(15(17)18)3-2-4-13(14)16/h2-8H,9,16H2,1H3,(H2,17,18). The SMILES string of the molecule is Cc1ccc(COc2c(N)cccc2C(N)=O)cc1. The van der Waals surface area contributed by atoms with Crippen molar-refractivity contribution in [3.63, 3.8) is 0 Å². The van der Waals surface area contributed by atoms with Crippen LogP contribution in [0.3, 0.4) is 0 Å². The fourth-order valence-corrected chi connectivity index (χ4v) is 1.75. The van der Waals surface area contributed by atoms with Gasteiger partial charge in [-0.3, -0.25) is 4.79 Å². The molecule has 0 aliphatic carbocycles. The molecular formula is C15H16N2O2. The lowest BCUT2D eigenvalue weighted by atomic mass is 10.1. The van der Waals surface area contributed by atoms with E-state index >= 15 is 0 Å². The van der Waals surface area contributed by atoms with Gasteiger partial charge >= 0.3 is 0 Å². The molecule has 1 amide bonds. The molecule has 0 aromatic heterocycles. The van der Waals surface area contributed by atoms with Gasteiger partial charge < -0.3 is 16.2 Å². The molecule has 0 fully saturated rings. The molecule has 0 aliphatic heterocycles. The van der Waals surface area contributed by atoms with Crippen LogP contribution >= 0.6 is 0 Å². The van der Waals surface area contributed by atoms with E-state index in [4.69, 9.17) is 16.2 Å². The summed E-state index contributed by atoms with van der Waals surface area (Å²) in [6.45, 7) is 2.36. The second-order valence-electron chi connectivity index (χ2n) is 4.36. The Morgan fingerprint density at radius 1 is 1.16 bits per heavy atom. The Hall–Kier alpha value is -2.49. The number of nitrogen functional groups attached to an aromatic ring is 1. The van der Waals surface area contributed by atoms with Gasteiger partial charge in [0, 0.05) is 0 Å². The summed E-state index contributed by atoms with van der Waals surface area (Å²) in [5.41, 5.74) is 14.0. The summed E-state index contributed by atoms with van der Waals surface area (Å²) < 4.78 is 5.63. The van der Waals surface area contributed by atoms with Crippen molar-refractivity contribution in [1.29, 1.82) is 0 Å². The molecule has 0 spiro atoms. The van der Waals surface area contributed by atoms with Crippen LogP contribution in [0.5, 0.6) is 5.75 Å². The zero-order valence-corrected chi connectivity index (χ0v) is 10.7. The Morgan fingerprint density at radius 2 is 1.84 bits per heavy atom. The van der Waals surface area contributed by atoms with E-state index in [2.05, 4.69) is 0 Å². The van der Waals surface area contributed by atoms with E-state index in [0.29, 0.717) is 23.6 Å². The number of anilines is 1. The van der Waals surface area contributed by atoms with E-state index in [1.807, 2.05) is 31.2 Å². The summed E-state index contributed by atoms with van der Waals surface area (Å²) in [5, 5.41) is 0. The largest absolute Gasteiger partial charge is 0.486 e. The lowest BCUT2D eigenvalue weighted by Crippen LogP contribution is -2.14. The highest BCUT2D eigenvalue weighted by atomic mass is 16.5. The van der Waals surface area contributed by atoms with Gasteiger partial charge in [0.1, 0.15) is 6.61 Å². The third-order valence-corrected chi connectivity index (χ3v) is 2.81. The molecular weight excluding hydrogens is 240 g/mol. The minimum Gasteiger partial charge on any atom is -0.486 e. The van der Waals surface area contributed by atoms with E-state index < -0.39 is 5.91 Å². The van der Waals surface area contributed by atoms with Crippen LogP contribution in [0.15, 0.2) is 42.5 Å². The van der Waals surface area contributed by atoms with Crippen molar-refractivity contribution in [3.8, 4) is 5.75 Å². The minimum atomic E-state index is -0.550. The van der Waals surface area contributed by atoms with Crippen LogP contribution in [0.1, 0.15) is 21.5 Å². The minimum absolute atomic E-state index is 0.298. The first-order chi connectivity index (χ1) is 9.08. The summed E-state index contributed by atoms with van der Waals surface area (Å²) in [6.07, 6.45) is 0. The third kappa shape index (κ3) is 3.04. The van der Waals surface area contributed by atoms with E-state index in [1.165, 1.54) is 5.56 Å². The van der Waals surface area contributed by atoms with Crippen molar-refractivity contribution < 1.29 is 9.53 Å². The van der Waals surface area contributed by atoms with E-state index in [9.17, 15) is 4.79 Å². The second kappa shape index (κ2) is 5.44. The van der Waals surface area contributed by atoms with E-state index in [1.54, 1.807) is 18.2 Å². The topological polar surface area (TPSA) is 78.3 Å². The molecule has 19 heavy (non-hydrogen) atoms. The Morgan fingerprint density at radius 3 is 2.47 bits per heavy atom.